The number of hydrogen-bond acceptors (Lipinski definition) is 1. The summed E-state index contributed by atoms with van der Waals surface area (Å²) in [5.74, 6) is 0. The molecule has 0 aromatic heterocycles. The van der Waals surface area contributed by atoms with Crippen LogP contribution in [0.3, 0.4) is 0 Å². The molecule has 0 aromatic carbocycles. The van der Waals surface area contributed by atoms with Crippen LogP contribution in [0, 0.1) is 0 Å². The fraction of sp³-hybridized carbons (Fsp3) is 0.500. The first kappa shape index (κ1) is 8.44. The average Bonchev–Trinajstić information content (AvgIpc) is 1.87. The molecule has 52 valence electrons. The Hall–Kier alpha value is -0.560. The normalized spacial score (nSPS) is 14.2. The molecule has 0 spiro atoms. The Kier molecular flexibility index (Phi) is 4.06. The molecule has 0 aliphatic carbocycles. The highest BCUT2D eigenvalue weighted by atomic mass is 14.5. The molecule has 0 bridgehead atoms. The smallest absolute Gasteiger partial charge is 0.0139 e. The van der Waals surface area contributed by atoms with Crippen LogP contribution in [-0.4, -0.2) is 6.54 Å². The fourth-order valence-electron chi connectivity index (χ4n) is 0.553. The predicted molar refractivity (Wildman–Crippen MR) is 42.2 cm³/mol. The van der Waals surface area contributed by atoms with Crippen molar-refractivity contribution >= 4 is 0 Å². The summed E-state index contributed by atoms with van der Waals surface area (Å²) >= 11 is 0. The molecule has 1 heteroatoms. The number of nitrogens with two attached hydrogens (primary N) is 1. The Labute approximate surface area is 57.3 Å². The zero-order valence-corrected chi connectivity index (χ0v) is 6.44. The molecule has 0 saturated carbocycles. The summed E-state index contributed by atoms with van der Waals surface area (Å²) in [6.07, 6.45) is 4.09. The summed E-state index contributed by atoms with van der Waals surface area (Å²) in [5.41, 5.74) is 7.95. The van der Waals surface area contributed by atoms with E-state index < -0.39 is 0 Å². The highest BCUT2D eigenvalue weighted by molar-refractivity contribution is 5.22. The Morgan fingerprint density at radius 3 is 2.33 bits per heavy atom. The maximum absolute atomic E-state index is 5.41. The van der Waals surface area contributed by atoms with Gasteiger partial charge in [0, 0.05) is 6.54 Å². The van der Waals surface area contributed by atoms with Crippen molar-refractivity contribution in [1.29, 1.82) is 0 Å². The first-order valence-corrected chi connectivity index (χ1v) is 3.21. The highest BCUT2D eigenvalue weighted by Gasteiger charge is 1.86. The van der Waals surface area contributed by atoms with Gasteiger partial charge in [-0.3, -0.25) is 0 Å². The monoisotopic (exact) mass is 125 g/mol. The Morgan fingerprint density at radius 1 is 1.44 bits per heavy atom. The minimum Gasteiger partial charge on any atom is -0.327 e. The van der Waals surface area contributed by atoms with E-state index in [9.17, 15) is 0 Å². The van der Waals surface area contributed by atoms with Gasteiger partial charge in [0.05, 0.1) is 0 Å². The van der Waals surface area contributed by atoms with E-state index in [-0.39, 0.29) is 0 Å². The number of hydrogen-bond donors (Lipinski definition) is 1. The van der Waals surface area contributed by atoms with Gasteiger partial charge < -0.3 is 5.73 Å². The minimum absolute atomic E-state index is 0.663. The maximum atomic E-state index is 5.41. The lowest BCUT2D eigenvalue weighted by Gasteiger charge is -1.97. The Balaban J connectivity index is 4.10. The van der Waals surface area contributed by atoms with Crippen molar-refractivity contribution in [3.05, 3.63) is 23.3 Å². The van der Waals surface area contributed by atoms with E-state index in [1.165, 1.54) is 11.1 Å². The van der Waals surface area contributed by atoms with Crippen LogP contribution in [0.2, 0.25) is 0 Å². The Bertz CT molecular complexity index is 132. The van der Waals surface area contributed by atoms with Crippen LogP contribution in [0.4, 0.5) is 0 Å². The van der Waals surface area contributed by atoms with Gasteiger partial charge >= 0.3 is 0 Å². The van der Waals surface area contributed by atoms with E-state index in [2.05, 4.69) is 19.9 Å². The van der Waals surface area contributed by atoms with Gasteiger partial charge in [-0.25, -0.2) is 0 Å². The van der Waals surface area contributed by atoms with Crippen LogP contribution in [0.25, 0.3) is 0 Å². The molecule has 0 radical (unpaired) electrons. The van der Waals surface area contributed by atoms with Crippen molar-refractivity contribution in [3.63, 3.8) is 0 Å². The minimum atomic E-state index is 0.663. The molecule has 0 aliphatic heterocycles. The molecule has 0 aliphatic rings. The van der Waals surface area contributed by atoms with E-state index in [1.807, 2.05) is 13.0 Å². The molecule has 0 aromatic rings. The standard InChI is InChI=1S/C8H15N/c1-4-5-7(2)8(3)6-9/h4-5H,6,9H2,1-3H3/b5-4-,8-7+. The molecule has 2 N–H and O–H groups in total. The predicted octanol–water partition coefficient (Wildman–Crippen LogP) is 1.86. The van der Waals surface area contributed by atoms with Crippen molar-refractivity contribution in [1.82, 2.24) is 0 Å². The van der Waals surface area contributed by atoms with Crippen molar-refractivity contribution in [2.24, 2.45) is 5.73 Å². The van der Waals surface area contributed by atoms with Crippen LogP contribution in [0.1, 0.15) is 20.8 Å². The van der Waals surface area contributed by atoms with Gasteiger partial charge in [-0.15, -0.1) is 0 Å². The van der Waals surface area contributed by atoms with E-state index in [0.29, 0.717) is 6.54 Å². The lowest BCUT2D eigenvalue weighted by Crippen LogP contribution is -2.01. The second kappa shape index (κ2) is 4.33. The SMILES string of the molecule is C/C=C\C(C)=C(/C)CN. The third-order valence-electron chi connectivity index (χ3n) is 1.40. The lowest BCUT2D eigenvalue weighted by molar-refractivity contribution is 1.11. The number of rotatable bonds is 2. The zero-order chi connectivity index (χ0) is 7.28. The van der Waals surface area contributed by atoms with Crippen molar-refractivity contribution < 1.29 is 0 Å². The zero-order valence-electron chi connectivity index (χ0n) is 6.44. The van der Waals surface area contributed by atoms with Gasteiger partial charge in [-0.1, -0.05) is 23.3 Å². The summed E-state index contributed by atoms with van der Waals surface area (Å²) in [4.78, 5) is 0. The third kappa shape index (κ3) is 3.09. The summed E-state index contributed by atoms with van der Waals surface area (Å²) in [6, 6.07) is 0. The Morgan fingerprint density at radius 2 is 2.00 bits per heavy atom. The molecule has 0 heterocycles. The second-order valence-corrected chi connectivity index (χ2v) is 2.17. The third-order valence-corrected chi connectivity index (χ3v) is 1.40. The molecule has 0 unspecified atom stereocenters. The summed E-state index contributed by atoms with van der Waals surface area (Å²) < 4.78 is 0. The molecule has 0 rings (SSSR count). The highest BCUT2D eigenvalue weighted by Crippen LogP contribution is 2.01. The van der Waals surface area contributed by atoms with Crippen LogP contribution < -0.4 is 5.73 Å². The largest absolute Gasteiger partial charge is 0.327 e. The molecular formula is C8H15N. The lowest BCUT2D eigenvalue weighted by atomic mass is 10.1. The molecule has 0 atom stereocenters. The average molecular weight is 125 g/mol. The van der Waals surface area contributed by atoms with Crippen molar-refractivity contribution in [2.45, 2.75) is 20.8 Å². The molecule has 9 heavy (non-hydrogen) atoms. The summed E-state index contributed by atoms with van der Waals surface area (Å²) in [5, 5.41) is 0. The van der Waals surface area contributed by atoms with E-state index >= 15 is 0 Å². The molecule has 1 nitrogen and oxygen atoms in total. The quantitative estimate of drug-likeness (QED) is 0.560. The second-order valence-electron chi connectivity index (χ2n) is 2.17. The van der Waals surface area contributed by atoms with Gasteiger partial charge in [0.15, 0.2) is 0 Å². The summed E-state index contributed by atoms with van der Waals surface area (Å²) in [7, 11) is 0. The van der Waals surface area contributed by atoms with Gasteiger partial charge in [-0.2, -0.15) is 0 Å². The first-order chi connectivity index (χ1) is 4.22. The van der Waals surface area contributed by atoms with Crippen molar-refractivity contribution in [2.75, 3.05) is 6.54 Å². The maximum Gasteiger partial charge on any atom is 0.0139 e. The topological polar surface area (TPSA) is 26.0 Å². The van der Waals surface area contributed by atoms with Crippen LogP contribution in [0.5, 0.6) is 0 Å². The first-order valence-electron chi connectivity index (χ1n) is 3.21. The fourth-order valence-corrected chi connectivity index (χ4v) is 0.553. The van der Waals surface area contributed by atoms with Gasteiger partial charge in [0.25, 0.3) is 0 Å². The number of allylic oxidation sites excluding steroid dienone is 3. The molecular weight excluding hydrogens is 110 g/mol. The van der Waals surface area contributed by atoms with E-state index in [1.54, 1.807) is 0 Å². The van der Waals surface area contributed by atoms with Crippen LogP contribution in [0.15, 0.2) is 23.3 Å². The van der Waals surface area contributed by atoms with E-state index in [4.69, 9.17) is 5.73 Å². The van der Waals surface area contributed by atoms with Crippen molar-refractivity contribution in [3.8, 4) is 0 Å². The van der Waals surface area contributed by atoms with Crippen LogP contribution >= 0.6 is 0 Å². The van der Waals surface area contributed by atoms with Gasteiger partial charge in [-0.05, 0) is 20.8 Å². The van der Waals surface area contributed by atoms with Crippen LogP contribution in [-0.2, 0) is 0 Å². The molecule has 0 amide bonds. The van der Waals surface area contributed by atoms with E-state index in [0.717, 1.165) is 0 Å². The summed E-state index contributed by atoms with van der Waals surface area (Å²) in [6.45, 7) is 6.79. The molecule has 0 fully saturated rings. The van der Waals surface area contributed by atoms with Gasteiger partial charge in [0.1, 0.15) is 0 Å². The van der Waals surface area contributed by atoms with Gasteiger partial charge in [0.2, 0.25) is 0 Å². The molecule has 0 saturated heterocycles.